The maximum absolute atomic E-state index is 12.2. The second-order valence-electron chi connectivity index (χ2n) is 5.25. The van der Waals surface area contributed by atoms with Gasteiger partial charge in [-0.15, -0.1) is 0 Å². The van der Waals surface area contributed by atoms with Gasteiger partial charge in [-0.1, -0.05) is 29.8 Å². The summed E-state index contributed by atoms with van der Waals surface area (Å²) in [7, 11) is 0. The lowest BCUT2D eigenvalue weighted by atomic mass is 10.1. The molecule has 1 unspecified atom stereocenters. The van der Waals surface area contributed by atoms with Crippen LogP contribution in [0, 0.1) is 0 Å². The molecule has 4 nitrogen and oxygen atoms in total. The summed E-state index contributed by atoms with van der Waals surface area (Å²) in [5.74, 6) is -0.206. The number of rotatable bonds is 4. The monoisotopic (exact) mass is 317 g/mol. The molecular weight excluding hydrogens is 302 g/mol. The van der Waals surface area contributed by atoms with Crippen LogP contribution in [-0.4, -0.2) is 17.6 Å². The van der Waals surface area contributed by atoms with Gasteiger partial charge in [-0.25, -0.2) is 0 Å². The quantitative estimate of drug-likeness (QED) is 0.911. The first-order chi connectivity index (χ1) is 10.6. The molecule has 2 aromatic carbocycles. The lowest BCUT2D eigenvalue weighted by Crippen LogP contribution is -2.28. The van der Waals surface area contributed by atoms with E-state index in [2.05, 4.69) is 5.32 Å². The molecule has 0 fully saturated rings. The van der Waals surface area contributed by atoms with E-state index in [0.29, 0.717) is 29.4 Å². The SMILES string of the molecule is O=C(NCC(O)c1ccc(Cl)cc1)c1ccc2c(c1)COC2. The van der Waals surface area contributed by atoms with Crippen LogP contribution in [0.25, 0.3) is 0 Å². The number of halogens is 1. The fraction of sp³-hybridized carbons (Fsp3) is 0.235. The highest BCUT2D eigenvalue weighted by Crippen LogP contribution is 2.21. The molecule has 2 N–H and O–H groups in total. The van der Waals surface area contributed by atoms with Crippen molar-refractivity contribution in [1.29, 1.82) is 0 Å². The average Bonchev–Trinajstić information content (AvgIpc) is 3.00. The predicted octanol–water partition coefficient (Wildman–Crippen LogP) is 2.83. The highest BCUT2D eigenvalue weighted by Gasteiger charge is 2.15. The number of amides is 1. The summed E-state index contributed by atoms with van der Waals surface area (Å²) < 4.78 is 5.33. The van der Waals surface area contributed by atoms with E-state index in [1.54, 1.807) is 30.3 Å². The lowest BCUT2D eigenvalue weighted by Gasteiger charge is -2.12. The molecule has 1 aliphatic heterocycles. The van der Waals surface area contributed by atoms with E-state index in [1.807, 2.05) is 12.1 Å². The summed E-state index contributed by atoms with van der Waals surface area (Å²) in [5.41, 5.74) is 3.46. The number of carbonyl (C=O) groups excluding carboxylic acids is 1. The van der Waals surface area contributed by atoms with E-state index < -0.39 is 6.10 Å². The van der Waals surface area contributed by atoms with Crippen molar-refractivity contribution in [3.05, 3.63) is 69.7 Å². The third kappa shape index (κ3) is 3.30. The summed E-state index contributed by atoms with van der Waals surface area (Å²) in [5, 5.41) is 13.4. The second-order valence-corrected chi connectivity index (χ2v) is 5.69. The van der Waals surface area contributed by atoms with Crippen LogP contribution in [0.5, 0.6) is 0 Å². The highest BCUT2D eigenvalue weighted by molar-refractivity contribution is 6.30. The number of hydrogen-bond acceptors (Lipinski definition) is 3. The number of aliphatic hydroxyl groups is 1. The van der Waals surface area contributed by atoms with Crippen LogP contribution in [0.1, 0.15) is 33.2 Å². The number of hydrogen-bond donors (Lipinski definition) is 2. The number of ether oxygens (including phenoxy) is 1. The Kier molecular flexibility index (Phi) is 4.43. The van der Waals surface area contributed by atoms with Gasteiger partial charge in [0, 0.05) is 17.1 Å². The predicted molar refractivity (Wildman–Crippen MR) is 83.7 cm³/mol. The van der Waals surface area contributed by atoms with Crippen LogP contribution in [0.3, 0.4) is 0 Å². The van der Waals surface area contributed by atoms with Crippen LogP contribution in [0.2, 0.25) is 5.02 Å². The molecular formula is C17H16ClNO3. The largest absolute Gasteiger partial charge is 0.387 e. The van der Waals surface area contributed by atoms with Crippen molar-refractivity contribution in [2.24, 2.45) is 0 Å². The van der Waals surface area contributed by atoms with Gasteiger partial charge in [0.15, 0.2) is 0 Å². The summed E-state index contributed by atoms with van der Waals surface area (Å²) >= 11 is 5.81. The van der Waals surface area contributed by atoms with Gasteiger partial charge >= 0.3 is 0 Å². The van der Waals surface area contributed by atoms with Crippen LogP contribution < -0.4 is 5.32 Å². The molecule has 1 aliphatic rings. The summed E-state index contributed by atoms with van der Waals surface area (Å²) in [6.07, 6.45) is -0.765. The molecule has 5 heteroatoms. The molecule has 0 aliphatic carbocycles. The van der Waals surface area contributed by atoms with Crippen LogP contribution in [0.4, 0.5) is 0 Å². The molecule has 0 spiro atoms. The third-order valence-corrected chi connectivity index (χ3v) is 3.95. The van der Waals surface area contributed by atoms with E-state index in [-0.39, 0.29) is 12.5 Å². The van der Waals surface area contributed by atoms with Crippen molar-refractivity contribution >= 4 is 17.5 Å². The molecule has 1 heterocycles. The summed E-state index contributed by atoms with van der Waals surface area (Å²) in [6.45, 7) is 1.30. The normalized spacial score (nSPS) is 14.5. The van der Waals surface area contributed by atoms with Gasteiger partial charge < -0.3 is 15.2 Å². The van der Waals surface area contributed by atoms with Gasteiger partial charge in [0.1, 0.15) is 0 Å². The summed E-state index contributed by atoms with van der Waals surface area (Å²) in [6, 6.07) is 12.4. The third-order valence-electron chi connectivity index (χ3n) is 3.69. The van der Waals surface area contributed by atoms with Crippen LogP contribution in [-0.2, 0) is 18.0 Å². The first-order valence-electron chi connectivity index (χ1n) is 7.05. The maximum Gasteiger partial charge on any atom is 0.251 e. The first-order valence-corrected chi connectivity index (χ1v) is 7.42. The minimum absolute atomic E-state index is 0.147. The zero-order valence-corrected chi connectivity index (χ0v) is 12.6. The minimum Gasteiger partial charge on any atom is -0.387 e. The molecule has 22 heavy (non-hydrogen) atoms. The smallest absolute Gasteiger partial charge is 0.251 e. The molecule has 1 atom stereocenters. The standard InChI is InChI=1S/C17H16ClNO3/c18-15-5-3-11(4-6-15)16(20)8-19-17(21)12-1-2-13-9-22-10-14(13)7-12/h1-7,16,20H,8-10H2,(H,19,21). The van der Waals surface area contributed by atoms with Crippen molar-refractivity contribution in [3.8, 4) is 0 Å². The average molecular weight is 318 g/mol. The molecule has 1 amide bonds. The topological polar surface area (TPSA) is 58.6 Å². The fourth-order valence-electron chi connectivity index (χ4n) is 2.41. The van der Waals surface area contributed by atoms with E-state index in [9.17, 15) is 9.90 Å². The number of nitrogens with one attached hydrogen (secondary N) is 1. The van der Waals surface area contributed by atoms with Crippen molar-refractivity contribution in [2.75, 3.05) is 6.54 Å². The molecule has 0 saturated carbocycles. The molecule has 0 bridgehead atoms. The van der Waals surface area contributed by atoms with Gasteiger partial charge in [0.25, 0.3) is 5.91 Å². The van der Waals surface area contributed by atoms with E-state index >= 15 is 0 Å². The summed E-state index contributed by atoms with van der Waals surface area (Å²) in [4.78, 5) is 12.2. The molecule has 0 radical (unpaired) electrons. The molecule has 3 rings (SSSR count). The van der Waals surface area contributed by atoms with Gasteiger partial charge in [0.2, 0.25) is 0 Å². The Balaban J connectivity index is 1.61. The Bertz CT molecular complexity index is 685. The minimum atomic E-state index is -0.765. The van der Waals surface area contributed by atoms with Crippen LogP contribution in [0.15, 0.2) is 42.5 Å². The van der Waals surface area contributed by atoms with Gasteiger partial charge in [-0.2, -0.15) is 0 Å². The Hall–Kier alpha value is -1.88. The van der Waals surface area contributed by atoms with Gasteiger partial charge in [-0.3, -0.25) is 4.79 Å². The number of fused-ring (bicyclic) bond motifs is 1. The van der Waals surface area contributed by atoms with Crippen molar-refractivity contribution in [3.63, 3.8) is 0 Å². The number of benzene rings is 2. The second kappa shape index (κ2) is 6.48. The first kappa shape index (κ1) is 15.0. The fourth-order valence-corrected chi connectivity index (χ4v) is 2.53. The van der Waals surface area contributed by atoms with E-state index in [4.69, 9.17) is 16.3 Å². The van der Waals surface area contributed by atoms with Crippen LogP contribution >= 0.6 is 11.6 Å². The molecule has 114 valence electrons. The van der Waals surface area contributed by atoms with E-state index in [0.717, 1.165) is 11.1 Å². The van der Waals surface area contributed by atoms with E-state index in [1.165, 1.54) is 0 Å². The lowest BCUT2D eigenvalue weighted by molar-refractivity contribution is 0.0916. The Morgan fingerprint density at radius 2 is 1.91 bits per heavy atom. The molecule has 0 saturated heterocycles. The molecule has 0 aromatic heterocycles. The zero-order valence-electron chi connectivity index (χ0n) is 11.9. The van der Waals surface area contributed by atoms with Crippen molar-refractivity contribution in [1.82, 2.24) is 5.32 Å². The highest BCUT2D eigenvalue weighted by atomic mass is 35.5. The van der Waals surface area contributed by atoms with Gasteiger partial charge in [0.05, 0.1) is 19.3 Å². The maximum atomic E-state index is 12.2. The number of carbonyl (C=O) groups is 1. The van der Waals surface area contributed by atoms with Gasteiger partial charge in [-0.05, 0) is 41.0 Å². The Morgan fingerprint density at radius 3 is 2.68 bits per heavy atom. The number of aliphatic hydroxyl groups excluding tert-OH is 1. The van der Waals surface area contributed by atoms with Crippen molar-refractivity contribution < 1.29 is 14.6 Å². The Labute approximate surface area is 133 Å². The zero-order chi connectivity index (χ0) is 15.5. The molecule has 2 aromatic rings. The Morgan fingerprint density at radius 1 is 1.18 bits per heavy atom. The van der Waals surface area contributed by atoms with Crippen molar-refractivity contribution in [2.45, 2.75) is 19.3 Å².